The molecular weight excluding hydrogens is 319 g/mol. The molecule has 0 saturated heterocycles. The van der Waals surface area contributed by atoms with Gasteiger partial charge in [0.1, 0.15) is 11.9 Å². The van der Waals surface area contributed by atoms with Crippen LogP contribution in [0.15, 0.2) is 24.3 Å². The molecule has 1 fully saturated rings. The largest absolute Gasteiger partial charge is 0.490 e. The van der Waals surface area contributed by atoms with E-state index in [1.54, 1.807) is 0 Å². The van der Waals surface area contributed by atoms with E-state index < -0.39 is 0 Å². The number of halogens is 1. The van der Waals surface area contributed by atoms with E-state index >= 15 is 0 Å². The van der Waals surface area contributed by atoms with Gasteiger partial charge in [-0.05, 0) is 53.8 Å². The van der Waals surface area contributed by atoms with Gasteiger partial charge in [-0.25, -0.2) is 0 Å². The fraction of sp³-hybridized carbons (Fsp3) is 0.417. The molecule has 0 heterocycles. The average Bonchev–Trinajstić information content (AvgIpc) is 3.01. The molecule has 0 aromatic heterocycles. The number of carbonyl (C=O) groups is 1. The molecule has 1 aliphatic carbocycles. The highest BCUT2D eigenvalue weighted by atomic mass is 127. The summed E-state index contributed by atoms with van der Waals surface area (Å²) < 4.78 is 11.8. The van der Waals surface area contributed by atoms with Crippen LogP contribution in [0, 0.1) is 9.49 Å². The molecule has 86 valence electrons. The van der Waals surface area contributed by atoms with E-state index in [9.17, 15) is 4.79 Å². The van der Waals surface area contributed by atoms with E-state index in [2.05, 4.69) is 22.6 Å². The number of rotatable bonds is 4. The minimum Gasteiger partial charge on any atom is -0.490 e. The fourth-order valence-corrected chi connectivity index (χ4v) is 1.85. The van der Waals surface area contributed by atoms with Crippen molar-refractivity contribution in [1.29, 1.82) is 0 Å². The Morgan fingerprint density at radius 2 is 2.12 bits per heavy atom. The van der Waals surface area contributed by atoms with Crippen molar-refractivity contribution in [1.82, 2.24) is 0 Å². The average molecular weight is 332 g/mol. The van der Waals surface area contributed by atoms with E-state index in [0.717, 1.165) is 12.2 Å². The van der Waals surface area contributed by atoms with Crippen molar-refractivity contribution < 1.29 is 14.3 Å². The number of esters is 1. The van der Waals surface area contributed by atoms with Gasteiger partial charge in [-0.15, -0.1) is 0 Å². The van der Waals surface area contributed by atoms with Crippen molar-refractivity contribution in [3.05, 3.63) is 27.8 Å². The van der Waals surface area contributed by atoms with Crippen LogP contribution in [0.5, 0.6) is 5.75 Å². The van der Waals surface area contributed by atoms with Crippen molar-refractivity contribution in [2.75, 3.05) is 6.61 Å². The first-order chi connectivity index (χ1) is 7.70. The van der Waals surface area contributed by atoms with Crippen LogP contribution >= 0.6 is 22.6 Å². The van der Waals surface area contributed by atoms with Crippen LogP contribution in [0.4, 0.5) is 0 Å². The second kappa shape index (κ2) is 5.03. The normalized spacial score (nSPS) is 22.6. The number of carbonyl (C=O) groups excluding carboxylic acids is 1. The molecule has 0 radical (unpaired) electrons. The van der Waals surface area contributed by atoms with Gasteiger partial charge in [-0.2, -0.15) is 0 Å². The van der Waals surface area contributed by atoms with Gasteiger partial charge in [0, 0.05) is 9.99 Å². The third-order valence-electron chi connectivity index (χ3n) is 2.42. The first kappa shape index (κ1) is 11.7. The van der Waals surface area contributed by atoms with Crippen LogP contribution in [0.1, 0.15) is 13.3 Å². The minimum absolute atomic E-state index is 0.000823. The highest BCUT2D eigenvalue weighted by Crippen LogP contribution is 2.35. The molecule has 1 aromatic rings. The zero-order valence-corrected chi connectivity index (χ0v) is 11.1. The van der Waals surface area contributed by atoms with Gasteiger partial charge in [-0.3, -0.25) is 4.79 Å². The zero-order chi connectivity index (χ0) is 11.5. The van der Waals surface area contributed by atoms with E-state index in [0.29, 0.717) is 6.61 Å². The molecule has 1 aromatic carbocycles. The monoisotopic (exact) mass is 332 g/mol. The Labute approximate surface area is 108 Å². The van der Waals surface area contributed by atoms with Crippen molar-refractivity contribution in [3.63, 3.8) is 0 Å². The summed E-state index contributed by atoms with van der Waals surface area (Å²) in [5.41, 5.74) is 0. The summed E-state index contributed by atoms with van der Waals surface area (Å²) in [6.45, 7) is 2.25. The Hall–Kier alpha value is -0.780. The van der Waals surface area contributed by atoms with Gasteiger partial charge in [0.05, 0.1) is 12.5 Å². The van der Waals surface area contributed by atoms with Crippen LogP contribution in [0.25, 0.3) is 0 Å². The molecule has 3 nitrogen and oxygen atoms in total. The van der Waals surface area contributed by atoms with Crippen LogP contribution in [0.3, 0.4) is 0 Å². The van der Waals surface area contributed by atoms with E-state index in [4.69, 9.17) is 9.47 Å². The quantitative estimate of drug-likeness (QED) is 0.628. The predicted octanol–water partition coefficient (Wildman–Crippen LogP) is 2.62. The molecule has 0 unspecified atom stereocenters. The van der Waals surface area contributed by atoms with Crippen molar-refractivity contribution in [2.45, 2.75) is 19.4 Å². The summed E-state index contributed by atoms with van der Waals surface area (Å²) in [6, 6.07) is 7.81. The maximum atomic E-state index is 11.4. The van der Waals surface area contributed by atoms with E-state index in [1.807, 2.05) is 31.2 Å². The smallest absolute Gasteiger partial charge is 0.312 e. The van der Waals surface area contributed by atoms with Gasteiger partial charge in [0.2, 0.25) is 0 Å². The summed E-state index contributed by atoms with van der Waals surface area (Å²) in [6.07, 6.45) is 0.768. The lowest BCUT2D eigenvalue weighted by atomic mass is 10.3. The molecule has 4 heteroatoms. The van der Waals surface area contributed by atoms with Crippen LogP contribution < -0.4 is 4.74 Å². The number of hydrogen-bond donors (Lipinski definition) is 0. The lowest BCUT2D eigenvalue weighted by Crippen LogP contribution is -2.12. The second-order valence-electron chi connectivity index (χ2n) is 3.70. The number of benzene rings is 1. The maximum Gasteiger partial charge on any atom is 0.312 e. The van der Waals surface area contributed by atoms with Gasteiger partial charge in [0.15, 0.2) is 0 Å². The van der Waals surface area contributed by atoms with Crippen molar-refractivity contribution >= 4 is 28.6 Å². The Balaban J connectivity index is 1.85. The molecular formula is C12H13IO3. The number of hydrogen-bond acceptors (Lipinski definition) is 3. The van der Waals surface area contributed by atoms with Gasteiger partial charge in [0.25, 0.3) is 0 Å². The Morgan fingerprint density at radius 3 is 2.75 bits per heavy atom. The van der Waals surface area contributed by atoms with E-state index in [-0.39, 0.29) is 18.0 Å². The van der Waals surface area contributed by atoms with Gasteiger partial charge >= 0.3 is 5.97 Å². The Kier molecular flexibility index (Phi) is 3.68. The fourth-order valence-electron chi connectivity index (χ4n) is 1.49. The first-order valence-electron chi connectivity index (χ1n) is 5.29. The summed E-state index contributed by atoms with van der Waals surface area (Å²) in [4.78, 5) is 11.4. The van der Waals surface area contributed by atoms with E-state index in [1.165, 1.54) is 3.57 Å². The molecule has 1 saturated carbocycles. The highest BCUT2D eigenvalue weighted by Gasteiger charge is 2.46. The Morgan fingerprint density at radius 1 is 1.44 bits per heavy atom. The molecule has 0 aliphatic heterocycles. The SMILES string of the molecule is CCOC(=O)[C@@H]1C[C@@H]1Oc1ccc(I)cc1. The molecule has 0 amide bonds. The zero-order valence-electron chi connectivity index (χ0n) is 8.98. The predicted molar refractivity (Wildman–Crippen MR) is 68.3 cm³/mol. The highest BCUT2D eigenvalue weighted by molar-refractivity contribution is 14.1. The summed E-state index contributed by atoms with van der Waals surface area (Å²) in [5, 5.41) is 0. The summed E-state index contributed by atoms with van der Waals surface area (Å²) >= 11 is 2.24. The summed E-state index contributed by atoms with van der Waals surface area (Å²) in [7, 11) is 0. The Bertz CT molecular complexity index is 374. The third kappa shape index (κ3) is 2.87. The van der Waals surface area contributed by atoms with Crippen LogP contribution in [-0.2, 0) is 9.53 Å². The van der Waals surface area contributed by atoms with Gasteiger partial charge in [-0.1, -0.05) is 0 Å². The second-order valence-corrected chi connectivity index (χ2v) is 4.95. The number of ether oxygens (including phenoxy) is 2. The molecule has 2 atom stereocenters. The van der Waals surface area contributed by atoms with Crippen molar-refractivity contribution in [3.8, 4) is 5.75 Å². The lowest BCUT2D eigenvalue weighted by Gasteiger charge is -2.05. The first-order valence-corrected chi connectivity index (χ1v) is 6.37. The lowest BCUT2D eigenvalue weighted by molar-refractivity contribution is -0.145. The molecule has 0 spiro atoms. The summed E-state index contributed by atoms with van der Waals surface area (Å²) in [5.74, 6) is 0.606. The molecule has 0 N–H and O–H groups in total. The standard InChI is InChI=1S/C12H13IO3/c1-2-15-12(14)10-7-11(10)16-9-5-3-8(13)4-6-9/h3-6,10-11H,2,7H2,1H3/t10-,11+/m1/s1. The van der Waals surface area contributed by atoms with Crippen LogP contribution in [0.2, 0.25) is 0 Å². The molecule has 1 aliphatic rings. The van der Waals surface area contributed by atoms with Crippen molar-refractivity contribution in [2.24, 2.45) is 5.92 Å². The third-order valence-corrected chi connectivity index (χ3v) is 3.14. The van der Waals surface area contributed by atoms with Crippen LogP contribution in [-0.4, -0.2) is 18.7 Å². The topological polar surface area (TPSA) is 35.5 Å². The molecule has 0 bridgehead atoms. The van der Waals surface area contributed by atoms with Gasteiger partial charge < -0.3 is 9.47 Å². The maximum absolute atomic E-state index is 11.4. The minimum atomic E-state index is -0.141. The molecule has 2 rings (SSSR count). The molecule has 16 heavy (non-hydrogen) atoms.